The van der Waals surface area contributed by atoms with Gasteiger partial charge < -0.3 is 33.7 Å². The van der Waals surface area contributed by atoms with Crippen LogP contribution in [0, 0.1) is 17.8 Å². The van der Waals surface area contributed by atoms with Gasteiger partial charge in [-0.3, -0.25) is 14.5 Å². The molecule has 13 atom stereocenters. The van der Waals surface area contributed by atoms with E-state index in [4.69, 9.17) is 18.9 Å². The van der Waals surface area contributed by atoms with Crippen LogP contribution in [0.25, 0.3) is 11.0 Å². The number of esters is 1. The summed E-state index contributed by atoms with van der Waals surface area (Å²) in [5.41, 5.74) is -3.00. The number of hydrazine groups is 1. The molecule has 5 heterocycles. The Balaban J connectivity index is 1.47. The number of ether oxygens (including phenoxy) is 4. The lowest BCUT2D eigenvalue weighted by Gasteiger charge is -2.46. The van der Waals surface area contributed by atoms with Crippen molar-refractivity contribution in [2.75, 3.05) is 20.1 Å². The molecule has 5 rings (SSSR count). The predicted molar refractivity (Wildman–Crippen MR) is 212 cm³/mol. The molecular weight excluding hydrogens is 753 g/mol. The maximum absolute atomic E-state index is 16.8. The van der Waals surface area contributed by atoms with Gasteiger partial charge in [-0.25, -0.2) is 29.4 Å². The molecule has 0 aromatic carbocycles. The molecule has 2 aromatic heterocycles. The Morgan fingerprint density at radius 2 is 1.84 bits per heavy atom. The number of aryl methyl sites for hydroxylation is 1. The highest BCUT2D eigenvalue weighted by molar-refractivity contribution is 6.08. The number of hydrogen-bond donors (Lipinski definition) is 3. The third kappa shape index (κ3) is 8.87. The van der Waals surface area contributed by atoms with Crippen molar-refractivity contribution in [3.8, 4) is 0 Å². The lowest BCUT2D eigenvalue weighted by Crippen LogP contribution is -2.62. The summed E-state index contributed by atoms with van der Waals surface area (Å²) >= 11 is 0. The number of nitrogens with one attached hydrogen (secondary N) is 1. The fourth-order valence-corrected chi connectivity index (χ4v) is 9.27. The van der Waals surface area contributed by atoms with Crippen molar-refractivity contribution < 1.29 is 52.7 Å². The molecule has 58 heavy (non-hydrogen) atoms. The van der Waals surface area contributed by atoms with Crippen molar-refractivity contribution in [3.63, 3.8) is 0 Å². The summed E-state index contributed by atoms with van der Waals surface area (Å²) in [5, 5.41) is 26.0. The fraction of sp³-hybridized carbons (Fsp3) is 0.690. The quantitative estimate of drug-likeness (QED) is 0.128. The maximum atomic E-state index is 16.8. The number of Topliss-reactive ketones (excluding diaryl/α,β-unsaturated/α-hetero) is 2. The van der Waals surface area contributed by atoms with Gasteiger partial charge in [-0.05, 0) is 78.6 Å². The van der Waals surface area contributed by atoms with Gasteiger partial charge in [0.05, 0.1) is 17.8 Å². The van der Waals surface area contributed by atoms with E-state index in [-0.39, 0.29) is 25.2 Å². The Bertz CT molecular complexity index is 1820. The third-order valence-corrected chi connectivity index (χ3v) is 12.3. The van der Waals surface area contributed by atoms with Crippen LogP contribution in [0.3, 0.4) is 0 Å². The van der Waals surface area contributed by atoms with E-state index >= 15 is 4.39 Å². The minimum absolute atomic E-state index is 0.0425. The van der Waals surface area contributed by atoms with Crippen LogP contribution in [-0.4, -0.2) is 133 Å². The van der Waals surface area contributed by atoms with Gasteiger partial charge in [0.25, 0.3) is 5.67 Å². The summed E-state index contributed by atoms with van der Waals surface area (Å²) in [4.78, 5) is 62.5. The molecule has 0 saturated carbocycles. The molecule has 0 spiro atoms. The van der Waals surface area contributed by atoms with E-state index in [0.29, 0.717) is 25.9 Å². The average Bonchev–Trinajstić information content (AvgIpc) is 3.70. The van der Waals surface area contributed by atoms with Crippen molar-refractivity contribution in [1.82, 2.24) is 24.9 Å². The smallest absolute Gasteiger partial charge is 0.425 e. The van der Waals surface area contributed by atoms with Crippen LogP contribution in [0.15, 0.2) is 43.2 Å². The van der Waals surface area contributed by atoms with Gasteiger partial charge in [0.1, 0.15) is 29.7 Å². The number of rotatable bonds is 11. The first-order valence-corrected chi connectivity index (χ1v) is 20.4. The monoisotopic (exact) mass is 815 g/mol. The first-order chi connectivity index (χ1) is 27.2. The minimum atomic E-state index is -3.25. The van der Waals surface area contributed by atoms with Crippen molar-refractivity contribution >= 4 is 34.7 Å². The molecule has 0 radical (unpaired) electrons. The summed E-state index contributed by atoms with van der Waals surface area (Å²) in [6.45, 7) is 16.8. The summed E-state index contributed by atoms with van der Waals surface area (Å²) in [6.07, 6.45) is -0.620. The molecule has 0 aliphatic carbocycles. The summed E-state index contributed by atoms with van der Waals surface area (Å²) < 4.78 is 42.9. The number of aliphatic hydroxyl groups is 2. The Hall–Kier alpha value is -3.80. The second-order valence-corrected chi connectivity index (χ2v) is 17.1. The highest BCUT2D eigenvalue weighted by atomic mass is 19.1. The van der Waals surface area contributed by atoms with Crippen molar-refractivity contribution in [1.29, 1.82) is 0 Å². The van der Waals surface area contributed by atoms with Gasteiger partial charge in [0, 0.05) is 61.2 Å². The number of nitrogens with zero attached hydrogens (tertiary/aromatic N) is 4. The Kier molecular flexibility index (Phi) is 13.9. The number of alkyl halides is 1. The SMILES string of the molecule is C=CCN(C)[C@H]1C[C@@H](C)OC(O[C@@H]2[C@@H](C)C(=O)[C@](C)(F)C(=O)O[C@H](CC)[C@@]3(C)OC(=O)N(NCCCn4ccc5cccnc54)C3[C@@H](C)C(=O)[C@H](C)C[C@@]2(C)O)[C@@H]1O. The van der Waals surface area contributed by atoms with Gasteiger partial charge in [0.15, 0.2) is 17.7 Å². The molecule has 15 nitrogen and oxygen atoms in total. The number of ketones is 2. The lowest BCUT2D eigenvalue weighted by molar-refractivity contribution is -0.293. The number of hydrogen-bond acceptors (Lipinski definition) is 13. The summed E-state index contributed by atoms with van der Waals surface area (Å²) in [6, 6.07) is 4.26. The van der Waals surface area contributed by atoms with E-state index in [0.717, 1.165) is 18.0 Å². The predicted octanol–water partition coefficient (Wildman–Crippen LogP) is 4.13. The van der Waals surface area contributed by atoms with E-state index in [2.05, 4.69) is 17.0 Å². The van der Waals surface area contributed by atoms with Crippen LogP contribution in [0.2, 0.25) is 0 Å². The van der Waals surface area contributed by atoms with Crippen LogP contribution in [-0.2, 0) is 39.9 Å². The van der Waals surface area contributed by atoms with Crippen molar-refractivity contribution in [2.45, 2.75) is 147 Å². The zero-order valence-electron chi connectivity index (χ0n) is 35.2. The normalized spacial score (nSPS) is 38.1. The second kappa shape index (κ2) is 17.8. The number of aromatic nitrogens is 2. The molecule has 322 valence electrons. The summed E-state index contributed by atoms with van der Waals surface area (Å²) in [5.74, 6) is -6.51. The molecule has 16 heteroatoms. The number of fused-ring (bicyclic) bond motifs is 2. The zero-order valence-corrected chi connectivity index (χ0v) is 35.2. The topological polar surface area (TPSA) is 182 Å². The molecule has 3 aliphatic heterocycles. The van der Waals surface area contributed by atoms with Crippen LogP contribution in [0.1, 0.15) is 81.1 Å². The Morgan fingerprint density at radius 3 is 2.52 bits per heavy atom. The van der Waals surface area contributed by atoms with E-state index in [1.807, 2.05) is 33.9 Å². The maximum Gasteiger partial charge on any atom is 0.425 e. The summed E-state index contributed by atoms with van der Waals surface area (Å²) in [7, 11) is 1.81. The van der Waals surface area contributed by atoms with Crippen molar-refractivity contribution in [2.24, 2.45) is 17.8 Å². The highest BCUT2D eigenvalue weighted by Crippen LogP contribution is 2.42. The van der Waals surface area contributed by atoms with Gasteiger partial charge in [-0.15, -0.1) is 6.58 Å². The number of amides is 1. The first kappa shape index (κ1) is 45.3. The van der Waals surface area contributed by atoms with Gasteiger partial charge >= 0.3 is 12.1 Å². The number of cyclic esters (lactones) is 1. The van der Waals surface area contributed by atoms with Gasteiger partial charge in [-0.1, -0.05) is 33.8 Å². The number of carbonyl (C=O) groups is 4. The number of aliphatic hydroxyl groups excluding tert-OH is 1. The van der Waals surface area contributed by atoms with Gasteiger partial charge in [-0.2, -0.15) is 0 Å². The van der Waals surface area contributed by atoms with Crippen LogP contribution < -0.4 is 5.43 Å². The molecule has 3 N–H and O–H groups in total. The molecule has 3 fully saturated rings. The first-order valence-electron chi connectivity index (χ1n) is 20.4. The van der Waals surface area contributed by atoms with E-state index in [1.165, 1.54) is 25.8 Å². The largest absolute Gasteiger partial charge is 0.455 e. The molecule has 0 bridgehead atoms. The van der Waals surface area contributed by atoms with Crippen molar-refractivity contribution in [3.05, 3.63) is 43.2 Å². The number of carbonyl (C=O) groups excluding carboxylic acids is 4. The van der Waals surface area contributed by atoms with E-state index in [9.17, 15) is 29.4 Å². The lowest BCUT2D eigenvalue weighted by atomic mass is 9.73. The number of halogens is 1. The Labute approximate surface area is 340 Å². The van der Waals surface area contributed by atoms with E-state index < -0.39 is 95.3 Å². The molecule has 2 aromatic rings. The number of pyridine rings is 1. The van der Waals surface area contributed by atoms with E-state index in [1.54, 1.807) is 47.0 Å². The minimum Gasteiger partial charge on any atom is -0.455 e. The molecule has 1 amide bonds. The molecule has 3 saturated heterocycles. The highest BCUT2D eigenvalue weighted by Gasteiger charge is 2.62. The van der Waals surface area contributed by atoms with Crippen LogP contribution >= 0.6 is 0 Å². The number of likely N-dealkylation sites (N-methyl/N-ethyl adjacent to an activating group) is 1. The standard InChI is InChI=1S/C42H62FN5O10/c1-11-19-46(10)29-22-25(4)55-37(32(29)50)57-35-27(6)34(51)41(8,43)38(52)56-30(12-2)42(9)33(26(5)31(49)24(3)23-40(35,7)54)48(39(53)58-42)45-18-14-20-47-21-16-28-15-13-17-44-36(28)47/h11,13,15-17,21,24-27,29-30,32-33,35,37,45,50,54H,1,12,14,18-20,22-23H2,2-10H3/t24-,25-,26+,27+,29+,30-,32-,33?,35-,37?,40-,41+,42-/m1/s1. The second-order valence-electron chi connectivity index (χ2n) is 17.1. The fourth-order valence-electron chi connectivity index (χ4n) is 9.27. The molecular formula is C42H62FN5O10. The molecule has 3 aliphatic rings. The Morgan fingerprint density at radius 1 is 1.14 bits per heavy atom. The van der Waals surface area contributed by atoms with Gasteiger partial charge in [0.2, 0.25) is 0 Å². The van der Waals surface area contributed by atoms with Crippen LogP contribution in [0.4, 0.5) is 9.18 Å². The third-order valence-electron chi connectivity index (χ3n) is 12.3. The zero-order chi connectivity index (χ0) is 42.9. The van der Waals surface area contributed by atoms with Crippen LogP contribution in [0.5, 0.6) is 0 Å². The average molecular weight is 816 g/mol. The molecule has 2 unspecified atom stereocenters.